The first-order chi connectivity index (χ1) is 8.97. The molecule has 1 aromatic heterocycles. The van der Waals surface area contributed by atoms with E-state index in [0.29, 0.717) is 12.3 Å². The van der Waals surface area contributed by atoms with Gasteiger partial charge in [0.25, 0.3) is 0 Å². The first-order valence-corrected chi connectivity index (χ1v) is 6.91. The summed E-state index contributed by atoms with van der Waals surface area (Å²) >= 11 is 0. The van der Waals surface area contributed by atoms with Crippen LogP contribution in [-0.2, 0) is 24.7 Å². The number of aryl methyl sites for hydroxylation is 2. The van der Waals surface area contributed by atoms with Crippen molar-refractivity contribution < 1.29 is 4.79 Å². The number of imidazole rings is 1. The number of nitrogens with zero attached hydrogens (tertiary/aromatic N) is 2. The summed E-state index contributed by atoms with van der Waals surface area (Å²) < 4.78 is 2.17. The van der Waals surface area contributed by atoms with Gasteiger partial charge in [-0.2, -0.15) is 0 Å². The second-order valence-corrected chi connectivity index (χ2v) is 5.71. The van der Waals surface area contributed by atoms with E-state index in [0.717, 1.165) is 29.7 Å². The second-order valence-electron chi connectivity index (χ2n) is 5.71. The SMILES string of the molecule is CC(=O)CCc1ccc2nc(CC(C)C)n(C)c2c1. The van der Waals surface area contributed by atoms with Crippen molar-refractivity contribution in [2.45, 2.75) is 40.0 Å². The lowest BCUT2D eigenvalue weighted by Crippen LogP contribution is -2.02. The first-order valence-electron chi connectivity index (χ1n) is 6.91. The van der Waals surface area contributed by atoms with Crippen molar-refractivity contribution in [2.24, 2.45) is 13.0 Å². The molecule has 0 bridgehead atoms. The highest BCUT2D eigenvalue weighted by molar-refractivity contribution is 5.78. The highest BCUT2D eigenvalue weighted by Crippen LogP contribution is 2.19. The molecule has 2 aromatic rings. The van der Waals surface area contributed by atoms with Crippen LogP contribution in [0.5, 0.6) is 0 Å². The average molecular weight is 258 g/mol. The molecule has 0 atom stereocenters. The van der Waals surface area contributed by atoms with Crippen molar-refractivity contribution in [3.63, 3.8) is 0 Å². The molecule has 1 heterocycles. The molecule has 0 N–H and O–H groups in total. The lowest BCUT2D eigenvalue weighted by Gasteiger charge is -2.05. The van der Waals surface area contributed by atoms with Gasteiger partial charge in [-0.15, -0.1) is 0 Å². The fourth-order valence-electron chi connectivity index (χ4n) is 2.31. The molecule has 3 heteroatoms. The maximum atomic E-state index is 11.1. The van der Waals surface area contributed by atoms with Crippen molar-refractivity contribution in [1.82, 2.24) is 9.55 Å². The number of carbonyl (C=O) groups excluding carboxylic acids is 1. The number of rotatable bonds is 5. The van der Waals surface area contributed by atoms with E-state index >= 15 is 0 Å². The van der Waals surface area contributed by atoms with E-state index in [2.05, 4.69) is 48.6 Å². The molecule has 0 aliphatic carbocycles. The Bertz CT molecular complexity index is 596. The lowest BCUT2D eigenvalue weighted by molar-refractivity contribution is -0.116. The molecule has 0 unspecified atom stereocenters. The zero-order valence-corrected chi connectivity index (χ0v) is 12.2. The number of benzene rings is 1. The summed E-state index contributed by atoms with van der Waals surface area (Å²) in [5.74, 6) is 1.98. The minimum atomic E-state index is 0.241. The fraction of sp³-hybridized carbons (Fsp3) is 0.500. The Hall–Kier alpha value is -1.64. The van der Waals surface area contributed by atoms with E-state index < -0.39 is 0 Å². The summed E-state index contributed by atoms with van der Waals surface area (Å²) in [6.07, 6.45) is 2.42. The number of Topliss-reactive ketones (excluding diaryl/α,β-unsaturated/α-hetero) is 1. The van der Waals surface area contributed by atoms with Crippen LogP contribution in [0, 0.1) is 5.92 Å². The van der Waals surface area contributed by atoms with Gasteiger partial charge < -0.3 is 9.36 Å². The summed E-state index contributed by atoms with van der Waals surface area (Å²) in [6, 6.07) is 6.31. The smallest absolute Gasteiger partial charge is 0.130 e. The van der Waals surface area contributed by atoms with Crippen molar-refractivity contribution in [3.8, 4) is 0 Å². The topological polar surface area (TPSA) is 34.9 Å². The number of ketones is 1. The summed E-state index contributed by atoms with van der Waals surface area (Å²) in [6.45, 7) is 6.05. The van der Waals surface area contributed by atoms with E-state index in [1.807, 2.05) is 0 Å². The quantitative estimate of drug-likeness (QED) is 0.824. The summed E-state index contributed by atoms with van der Waals surface area (Å²) in [7, 11) is 2.07. The normalized spacial score (nSPS) is 11.4. The van der Waals surface area contributed by atoms with Gasteiger partial charge in [-0.25, -0.2) is 4.98 Å². The van der Waals surface area contributed by atoms with E-state index in [1.54, 1.807) is 6.92 Å². The lowest BCUT2D eigenvalue weighted by atomic mass is 10.1. The highest BCUT2D eigenvalue weighted by Gasteiger charge is 2.10. The standard InChI is InChI=1S/C16H22N2O/c1-11(2)9-16-17-14-8-7-13(6-5-12(3)19)10-15(14)18(16)4/h7-8,10-11H,5-6,9H2,1-4H3. The van der Waals surface area contributed by atoms with Crippen LogP contribution >= 0.6 is 0 Å². The van der Waals surface area contributed by atoms with Crippen LogP contribution in [0.4, 0.5) is 0 Å². The Balaban J connectivity index is 2.31. The van der Waals surface area contributed by atoms with E-state index in [-0.39, 0.29) is 5.78 Å². The van der Waals surface area contributed by atoms with Gasteiger partial charge in [-0.3, -0.25) is 0 Å². The van der Waals surface area contributed by atoms with Gasteiger partial charge in [0.15, 0.2) is 0 Å². The van der Waals surface area contributed by atoms with Crippen molar-refractivity contribution in [2.75, 3.05) is 0 Å². The van der Waals surface area contributed by atoms with Gasteiger partial charge >= 0.3 is 0 Å². The zero-order valence-electron chi connectivity index (χ0n) is 12.2. The number of hydrogen-bond donors (Lipinski definition) is 0. The third-order valence-corrected chi connectivity index (χ3v) is 3.39. The predicted octanol–water partition coefficient (Wildman–Crippen LogP) is 3.29. The summed E-state index contributed by atoms with van der Waals surface area (Å²) in [4.78, 5) is 15.7. The molecule has 0 fully saturated rings. The average Bonchev–Trinajstić information content (AvgIpc) is 2.63. The molecule has 0 radical (unpaired) electrons. The van der Waals surface area contributed by atoms with E-state index in [4.69, 9.17) is 0 Å². The van der Waals surface area contributed by atoms with Crippen LogP contribution in [0.15, 0.2) is 18.2 Å². The monoisotopic (exact) mass is 258 g/mol. The molecular weight excluding hydrogens is 236 g/mol. The maximum absolute atomic E-state index is 11.1. The molecular formula is C16H22N2O. The second kappa shape index (κ2) is 5.55. The van der Waals surface area contributed by atoms with Gasteiger partial charge in [-0.05, 0) is 37.0 Å². The number of aromatic nitrogens is 2. The van der Waals surface area contributed by atoms with E-state index in [9.17, 15) is 4.79 Å². The Kier molecular flexibility index (Phi) is 4.03. The molecule has 0 saturated heterocycles. The Morgan fingerprint density at radius 1 is 1.37 bits per heavy atom. The van der Waals surface area contributed by atoms with Crippen LogP contribution in [0.2, 0.25) is 0 Å². The third-order valence-electron chi connectivity index (χ3n) is 3.39. The first kappa shape index (κ1) is 13.8. The van der Waals surface area contributed by atoms with Gasteiger partial charge in [0.2, 0.25) is 0 Å². The Morgan fingerprint density at radius 2 is 2.11 bits per heavy atom. The molecule has 0 aliphatic heterocycles. The Labute approximate surface area is 114 Å². The van der Waals surface area contributed by atoms with Gasteiger partial charge in [0.1, 0.15) is 11.6 Å². The number of hydrogen-bond acceptors (Lipinski definition) is 2. The molecule has 0 amide bonds. The Morgan fingerprint density at radius 3 is 2.74 bits per heavy atom. The summed E-state index contributed by atoms with van der Waals surface area (Å²) in [5, 5.41) is 0. The van der Waals surface area contributed by atoms with Gasteiger partial charge in [0, 0.05) is 19.9 Å². The minimum Gasteiger partial charge on any atom is -0.331 e. The maximum Gasteiger partial charge on any atom is 0.130 e. The molecule has 102 valence electrons. The highest BCUT2D eigenvalue weighted by atomic mass is 16.1. The minimum absolute atomic E-state index is 0.241. The molecule has 0 spiro atoms. The number of carbonyl (C=O) groups is 1. The van der Waals surface area contributed by atoms with Crippen LogP contribution < -0.4 is 0 Å². The van der Waals surface area contributed by atoms with Gasteiger partial charge in [0.05, 0.1) is 11.0 Å². The summed E-state index contributed by atoms with van der Waals surface area (Å²) in [5.41, 5.74) is 3.42. The van der Waals surface area contributed by atoms with Crippen molar-refractivity contribution in [1.29, 1.82) is 0 Å². The zero-order chi connectivity index (χ0) is 14.0. The van der Waals surface area contributed by atoms with Crippen molar-refractivity contribution in [3.05, 3.63) is 29.6 Å². The molecule has 0 saturated carbocycles. The molecule has 1 aromatic carbocycles. The molecule has 3 nitrogen and oxygen atoms in total. The molecule has 19 heavy (non-hydrogen) atoms. The van der Waals surface area contributed by atoms with Crippen LogP contribution in [0.3, 0.4) is 0 Å². The molecule has 2 rings (SSSR count). The number of fused-ring (bicyclic) bond motifs is 1. The van der Waals surface area contributed by atoms with Crippen LogP contribution in [0.25, 0.3) is 11.0 Å². The van der Waals surface area contributed by atoms with Crippen molar-refractivity contribution >= 4 is 16.8 Å². The van der Waals surface area contributed by atoms with Gasteiger partial charge in [-0.1, -0.05) is 19.9 Å². The predicted molar refractivity (Wildman–Crippen MR) is 78.3 cm³/mol. The fourth-order valence-corrected chi connectivity index (χ4v) is 2.31. The van der Waals surface area contributed by atoms with Crippen LogP contribution in [-0.4, -0.2) is 15.3 Å². The van der Waals surface area contributed by atoms with Crippen LogP contribution in [0.1, 0.15) is 38.6 Å². The van der Waals surface area contributed by atoms with E-state index in [1.165, 1.54) is 5.56 Å². The molecule has 0 aliphatic rings. The largest absolute Gasteiger partial charge is 0.331 e. The third kappa shape index (κ3) is 3.22.